The Labute approximate surface area is 258 Å². The van der Waals surface area contributed by atoms with Gasteiger partial charge in [0.15, 0.2) is 5.60 Å². The number of fused-ring (bicyclic) bond motifs is 2. The van der Waals surface area contributed by atoms with Gasteiger partial charge in [0.1, 0.15) is 23.9 Å². The van der Waals surface area contributed by atoms with Crippen molar-refractivity contribution >= 4 is 11.9 Å². The van der Waals surface area contributed by atoms with Gasteiger partial charge in [0.2, 0.25) is 0 Å². The van der Waals surface area contributed by atoms with Gasteiger partial charge < -0.3 is 43.5 Å². The zero-order valence-corrected chi connectivity index (χ0v) is 26.3. The minimum Gasteiger partial charge on any atom is -0.455 e. The van der Waals surface area contributed by atoms with E-state index in [2.05, 4.69) is 11.9 Å². The Morgan fingerprint density at radius 3 is 2.36 bits per heavy atom. The van der Waals surface area contributed by atoms with Crippen LogP contribution in [0.25, 0.3) is 0 Å². The maximum Gasteiger partial charge on any atom is 0.338 e. The number of piperidine rings is 1. The molecule has 1 saturated heterocycles. The summed E-state index contributed by atoms with van der Waals surface area (Å²) in [5.74, 6) is -2.96. The van der Waals surface area contributed by atoms with E-state index in [0.717, 1.165) is 19.4 Å². The Bertz CT molecular complexity index is 1310. The molecule has 1 aromatic rings. The number of ether oxygens (including phenoxy) is 6. The lowest BCUT2D eigenvalue weighted by molar-refractivity contribution is -0.316. The van der Waals surface area contributed by atoms with Gasteiger partial charge in [-0.1, -0.05) is 18.2 Å². The number of rotatable bonds is 8. The van der Waals surface area contributed by atoms with E-state index in [1.54, 1.807) is 45.6 Å². The van der Waals surface area contributed by atoms with E-state index < -0.39 is 64.8 Å². The summed E-state index contributed by atoms with van der Waals surface area (Å²) in [4.78, 5) is 29.2. The van der Waals surface area contributed by atoms with Crippen LogP contribution in [0.4, 0.5) is 0 Å². The number of hydrogen-bond donors (Lipinski definition) is 2. The molecule has 11 nitrogen and oxygen atoms in total. The quantitative estimate of drug-likeness (QED) is 0.410. The first kappa shape index (κ1) is 30.5. The van der Waals surface area contributed by atoms with Crippen LogP contribution >= 0.6 is 0 Å². The molecule has 14 atom stereocenters. The second-order valence-corrected chi connectivity index (χ2v) is 14.2. The summed E-state index contributed by atoms with van der Waals surface area (Å²) in [7, 11) is 8.63. The number of carbonyl (C=O) groups excluding carboxylic acids is 2. The van der Waals surface area contributed by atoms with Gasteiger partial charge in [-0.15, -0.1) is 0 Å². The maximum absolute atomic E-state index is 13.7. The van der Waals surface area contributed by atoms with Crippen molar-refractivity contribution in [3.05, 3.63) is 35.9 Å². The van der Waals surface area contributed by atoms with Crippen LogP contribution in [0.15, 0.2) is 30.3 Å². The number of hydrogen-bond acceptors (Lipinski definition) is 11. The predicted molar refractivity (Wildman–Crippen MR) is 154 cm³/mol. The molecule has 6 aliphatic rings. The molecule has 1 unspecified atom stereocenters. The van der Waals surface area contributed by atoms with Crippen molar-refractivity contribution in [2.24, 2.45) is 34.5 Å². The fraction of sp³-hybridized carbons (Fsp3) is 0.758. The molecule has 242 valence electrons. The first-order valence-corrected chi connectivity index (χ1v) is 15.7. The van der Waals surface area contributed by atoms with E-state index >= 15 is 0 Å². The minimum atomic E-state index is -1.76. The van der Waals surface area contributed by atoms with Crippen molar-refractivity contribution < 1.29 is 48.2 Å². The van der Waals surface area contributed by atoms with Crippen molar-refractivity contribution in [1.29, 1.82) is 0 Å². The molecule has 1 aliphatic heterocycles. The summed E-state index contributed by atoms with van der Waals surface area (Å²) in [6, 6.07) is 8.39. The van der Waals surface area contributed by atoms with E-state index in [1.807, 2.05) is 6.07 Å². The fourth-order valence-corrected chi connectivity index (χ4v) is 12.3. The summed E-state index contributed by atoms with van der Waals surface area (Å²) < 4.78 is 37.5. The summed E-state index contributed by atoms with van der Waals surface area (Å²) in [6.07, 6.45) is -2.66. The highest BCUT2D eigenvalue weighted by atomic mass is 16.6. The Balaban J connectivity index is 1.51. The normalized spacial score (nSPS) is 49.9. The van der Waals surface area contributed by atoms with Gasteiger partial charge >= 0.3 is 11.9 Å². The monoisotopic (exact) mass is 615 g/mol. The topological polar surface area (TPSA) is 133 Å². The first-order valence-electron chi connectivity index (χ1n) is 15.7. The van der Waals surface area contributed by atoms with E-state index in [1.165, 1.54) is 14.0 Å². The fourth-order valence-electron chi connectivity index (χ4n) is 12.3. The van der Waals surface area contributed by atoms with E-state index in [-0.39, 0.29) is 35.8 Å². The minimum absolute atomic E-state index is 0.103. The number of likely N-dealkylation sites (tertiary alicyclic amines) is 1. The Hall–Kier alpha value is -2.12. The highest BCUT2D eigenvalue weighted by Gasteiger charge is 2.91. The number of methoxy groups -OCH3 is 4. The third-order valence-corrected chi connectivity index (χ3v) is 12.8. The van der Waals surface area contributed by atoms with Crippen LogP contribution in [0, 0.1) is 34.5 Å². The molecule has 0 radical (unpaired) electrons. The molecule has 7 bridgehead atoms. The molecule has 5 saturated carbocycles. The third kappa shape index (κ3) is 3.41. The van der Waals surface area contributed by atoms with Gasteiger partial charge in [-0.25, -0.2) is 4.79 Å². The second kappa shape index (κ2) is 10.2. The van der Waals surface area contributed by atoms with Crippen molar-refractivity contribution in [2.75, 3.05) is 48.6 Å². The zero-order chi connectivity index (χ0) is 31.4. The average Bonchev–Trinajstić information content (AvgIpc) is 3.39. The molecule has 6 fully saturated rings. The van der Waals surface area contributed by atoms with Gasteiger partial charge in [-0.05, 0) is 44.4 Å². The lowest BCUT2D eigenvalue weighted by atomic mass is 9.43. The second-order valence-electron chi connectivity index (χ2n) is 14.2. The first-order chi connectivity index (χ1) is 21.0. The van der Waals surface area contributed by atoms with Gasteiger partial charge in [0, 0.05) is 76.5 Å². The van der Waals surface area contributed by atoms with Crippen molar-refractivity contribution in [1.82, 2.24) is 4.90 Å². The van der Waals surface area contributed by atoms with E-state index in [0.29, 0.717) is 12.2 Å². The smallest absolute Gasteiger partial charge is 0.338 e. The number of aliphatic hydroxyl groups excluding tert-OH is 1. The number of aliphatic hydroxyl groups is 2. The molecule has 0 aromatic heterocycles. The predicted octanol–water partition coefficient (Wildman–Crippen LogP) is 1.29. The summed E-state index contributed by atoms with van der Waals surface area (Å²) in [6.45, 7) is 2.56. The van der Waals surface area contributed by atoms with Gasteiger partial charge in [0.05, 0.1) is 24.4 Å². The average molecular weight is 616 g/mol. The van der Waals surface area contributed by atoms with Crippen LogP contribution in [0.3, 0.4) is 0 Å². The number of carbonyl (C=O) groups is 2. The lowest BCUT2D eigenvalue weighted by Gasteiger charge is -2.69. The molecule has 44 heavy (non-hydrogen) atoms. The molecular formula is C33H45NO10. The molecule has 1 aromatic carbocycles. The van der Waals surface area contributed by atoms with Gasteiger partial charge in [-0.3, -0.25) is 4.79 Å². The molecule has 2 N–H and O–H groups in total. The third-order valence-electron chi connectivity index (χ3n) is 12.8. The highest BCUT2D eigenvalue weighted by molar-refractivity contribution is 5.89. The van der Waals surface area contributed by atoms with Crippen LogP contribution in [-0.2, 0) is 33.2 Å². The Kier molecular flexibility index (Phi) is 7.07. The van der Waals surface area contributed by atoms with E-state index in [9.17, 15) is 19.8 Å². The summed E-state index contributed by atoms with van der Waals surface area (Å²) >= 11 is 0. The maximum atomic E-state index is 13.7. The van der Waals surface area contributed by atoms with Crippen LogP contribution in [-0.4, -0.2) is 123 Å². The molecule has 5 aliphatic carbocycles. The number of benzene rings is 1. The van der Waals surface area contributed by atoms with Crippen LogP contribution in [0.5, 0.6) is 0 Å². The zero-order valence-electron chi connectivity index (χ0n) is 26.3. The van der Waals surface area contributed by atoms with Crippen LogP contribution < -0.4 is 0 Å². The molecular weight excluding hydrogens is 570 g/mol. The lowest BCUT2D eigenvalue weighted by Crippen LogP contribution is -2.80. The molecule has 7 rings (SSSR count). The highest BCUT2D eigenvalue weighted by Crippen LogP contribution is 2.80. The van der Waals surface area contributed by atoms with Crippen molar-refractivity contribution in [3.8, 4) is 0 Å². The summed E-state index contributed by atoms with van der Waals surface area (Å²) in [5.41, 5.74) is -3.93. The van der Waals surface area contributed by atoms with Crippen LogP contribution in [0.1, 0.15) is 36.5 Å². The molecule has 1 heterocycles. The molecule has 1 spiro atoms. The van der Waals surface area contributed by atoms with E-state index in [4.69, 9.17) is 28.4 Å². The van der Waals surface area contributed by atoms with Crippen molar-refractivity contribution in [3.63, 3.8) is 0 Å². The molecule has 0 amide bonds. The SMILES string of the molecule is COC[C@@]12CC[C@H](OC)[C@]34C([C@H]([C@@H](OC)[C@H]13)[C@]1(OC(C)=O)[C@H]3[C@@H](OC(=O)c5ccccc5)[C@](O)(C[C@H]34)[C@@H](OC)[C@@H]1O)N(C)C2. The Morgan fingerprint density at radius 2 is 1.75 bits per heavy atom. The van der Waals surface area contributed by atoms with Gasteiger partial charge in [0.25, 0.3) is 0 Å². The Morgan fingerprint density at radius 1 is 1.02 bits per heavy atom. The van der Waals surface area contributed by atoms with Crippen LogP contribution in [0.2, 0.25) is 0 Å². The standard InChI is InChI=1S/C33H45NO10/c1-17(35)44-33-21-19(14-31(38,28(42-6)26(33)36)27(21)43-29(37)18-10-8-7-9-11-18)32-20(40-4)12-13-30(16-39-3)15-34(2)25(32)22(33)23(41-5)24(30)32/h7-11,19-28,36,38H,12-16H2,1-6H3/t19-,20+,21-,22+,23-,24-,25?,26+,27-,28+,30+,31-,32+,33-/m1/s1. The van der Waals surface area contributed by atoms with Gasteiger partial charge in [-0.2, -0.15) is 0 Å². The largest absolute Gasteiger partial charge is 0.455 e. The number of nitrogens with zero attached hydrogens (tertiary/aromatic N) is 1. The molecule has 11 heteroatoms. The van der Waals surface area contributed by atoms with Crippen molar-refractivity contribution in [2.45, 2.75) is 73.9 Å². The summed E-state index contributed by atoms with van der Waals surface area (Å²) in [5, 5.41) is 25.1. The number of esters is 2.